The number of nitrogens with one attached hydrogen (secondary N) is 2. The Hall–Kier alpha value is -1.76. The van der Waals surface area contributed by atoms with Crippen molar-refractivity contribution >= 4 is 6.03 Å². The van der Waals surface area contributed by atoms with Crippen molar-refractivity contribution in [2.24, 2.45) is 0 Å². The van der Waals surface area contributed by atoms with Crippen molar-refractivity contribution < 1.29 is 22.7 Å². The van der Waals surface area contributed by atoms with Crippen LogP contribution < -0.4 is 10.6 Å². The molecule has 7 heteroatoms. The van der Waals surface area contributed by atoms with Gasteiger partial charge in [0.05, 0.1) is 6.61 Å². The van der Waals surface area contributed by atoms with Crippen LogP contribution in [-0.2, 0) is 17.9 Å². The Morgan fingerprint density at radius 2 is 1.76 bits per heavy atom. The van der Waals surface area contributed by atoms with Gasteiger partial charge in [-0.25, -0.2) is 4.79 Å². The van der Waals surface area contributed by atoms with Gasteiger partial charge < -0.3 is 15.4 Å². The fraction of sp³-hybridized carbons (Fsp3) is 0.500. The van der Waals surface area contributed by atoms with E-state index < -0.39 is 12.8 Å². The van der Waals surface area contributed by atoms with Crippen LogP contribution in [0.3, 0.4) is 0 Å². The van der Waals surface area contributed by atoms with E-state index in [1.807, 2.05) is 13.8 Å². The number of carbonyl (C=O) groups excluding carboxylic acids is 1. The number of benzene rings is 1. The third-order valence-corrected chi connectivity index (χ3v) is 2.43. The summed E-state index contributed by atoms with van der Waals surface area (Å²) in [6, 6.07) is 6.62. The quantitative estimate of drug-likeness (QED) is 0.849. The minimum absolute atomic E-state index is 0.0538. The van der Waals surface area contributed by atoms with Crippen molar-refractivity contribution in [2.75, 3.05) is 6.61 Å². The van der Waals surface area contributed by atoms with E-state index in [9.17, 15) is 18.0 Å². The molecular weight excluding hydrogens is 285 g/mol. The molecule has 0 saturated carbocycles. The summed E-state index contributed by atoms with van der Waals surface area (Å²) in [4.78, 5) is 11.4. The molecule has 0 heterocycles. The standard InChI is InChI=1S/C14H19F3N2O2/c1-10(2)19-13(20)18-7-11-3-5-12(6-4-11)8-21-9-14(15,16)17/h3-6,10H,7-9H2,1-2H3,(H2,18,19,20). The lowest BCUT2D eigenvalue weighted by atomic mass is 10.1. The Morgan fingerprint density at radius 3 is 2.29 bits per heavy atom. The van der Waals surface area contributed by atoms with Gasteiger partial charge in [-0.3, -0.25) is 0 Å². The second-order valence-electron chi connectivity index (χ2n) is 4.91. The van der Waals surface area contributed by atoms with Crippen molar-refractivity contribution in [1.29, 1.82) is 0 Å². The lowest BCUT2D eigenvalue weighted by molar-refractivity contribution is -0.176. The van der Waals surface area contributed by atoms with Gasteiger partial charge in [-0.15, -0.1) is 0 Å². The normalized spacial score (nSPS) is 11.5. The number of amides is 2. The van der Waals surface area contributed by atoms with Crippen LogP contribution in [0.25, 0.3) is 0 Å². The molecule has 2 N–H and O–H groups in total. The van der Waals surface area contributed by atoms with Gasteiger partial charge >= 0.3 is 12.2 Å². The second kappa shape index (κ2) is 7.87. The Morgan fingerprint density at radius 1 is 1.19 bits per heavy atom. The van der Waals surface area contributed by atoms with Crippen LogP contribution in [0, 0.1) is 0 Å². The second-order valence-corrected chi connectivity index (χ2v) is 4.91. The topological polar surface area (TPSA) is 50.4 Å². The first kappa shape index (κ1) is 17.3. The Labute approximate surface area is 121 Å². The van der Waals surface area contributed by atoms with Crippen molar-refractivity contribution in [3.63, 3.8) is 0 Å². The smallest absolute Gasteiger partial charge is 0.367 e. The number of halogens is 3. The third-order valence-electron chi connectivity index (χ3n) is 2.43. The monoisotopic (exact) mass is 304 g/mol. The molecular formula is C14H19F3N2O2. The number of alkyl halides is 3. The zero-order valence-electron chi connectivity index (χ0n) is 12.0. The molecule has 0 aromatic heterocycles. The van der Waals surface area contributed by atoms with Gasteiger partial charge in [-0.2, -0.15) is 13.2 Å². The van der Waals surface area contributed by atoms with E-state index in [2.05, 4.69) is 15.4 Å². The number of carbonyl (C=O) groups is 1. The van der Waals surface area contributed by atoms with Crippen LogP contribution in [-0.4, -0.2) is 24.9 Å². The lowest BCUT2D eigenvalue weighted by Crippen LogP contribution is -2.39. The molecule has 0 aliphatic rings. The maximum atomic E-state index is 11.9. The van der Waals surface area contributed by atoms with Crippen LogP contribution in [0.1, 0.15) is 25.0 Å². The van der Waals surface area contributed by atoms with Crippen molar-refractivity contribution in [3.8, 4) is 0 Å². The van der Waals surface area contributed by atoms with Gasteiger partial charge in [0.25, 0.3) is 0 Å². The van der Waals surface area contributed by atoms with Gasteiger partial charge in [-0.05, 0) is 25.0 Å². The zero-order valence-corrected chi connectivity index (χ0v) is 12.0. The molecule has 0 bridgehead atoms. The van der Waals surface area contributed by atoms with E-state index in [1.165, 1.54) is 0 Å². The maximum Gasteiger partial charge on any atom is 0.411 e. The molecule has 0 atom stereocenters. The Bertz CT molecular complexity index is 445. The number of urea groups is 1. The molecule has 0 saturated heterocycles. The highest BCUT2D eigenvalue weighted by Crippen LogP contribution is 2.15. The molecule has 0 radical (unpaired) electrons. The molecule has 1 aromatic rings. The average Bonchev–Trinajstić information content (AvgIpc) is 2.35. The van der Waals surface area contributed by atoms with Gasteiger partial charge in [0.15, 0.2) is 0 Å². The van der Waals surface area contributed by atoms with Gasteiger partial charge in [0, 0.05) is 12.6 Å². The lowest BCUT2D eigenvalue weighted by Gasteiger charge is -2.11. The molecule has 2 amide bonds. The number of ether oxygens (including phenoxy) is 1. The van der Waals surface area contributed by atoms with Crippen molar-refractivity contribution in [1.82, 2.24) is 10.6 Å². The highest BCUT2D eigenvalue weighted by Gasteiger charge is 2.27. The van der Waals surface area contributed by atoms with Crippen LogP contribution >= 0.6 is 0 Å². The minimum atomic E-state index is -4.31. The first-order chi connectivity index (χ1) is 9.76. The molecule has 1 rings (SSSR count). The summed E-state index contributed by atoms with van der Waals surface area (Å²) in [5.41, 5.74) is 1.50. The number of rotatable bonds is 6. The minimum Gasteiger partial charge on any atom is -0.367 e. The molecule has 0 aliphatic carbocycles. The predicted octanol–water partition coefficient (Wildman–Crippen LogP) is 2.97. The van der Waals surface area contributed by atoms with E-state index in [1.54, 1.807) is 24.3 Å². The van der Waals surface area contributed by atoms with Crippen molar-refractivity contribution in [3.05, 3.63) is 35.4 Å². The molecule has 4 nitrogen and oxygen atoms in total. The van der Waals surface area contributed by atoms with Crippen LogP contribution in [0.2, 0.25) is 0 Å². The SMILES string of the molecule is CC(C)NC(=O)NCc1ccc(COCC(F)(F)F)cc1. The molecule has 0 aliphatic heterocycles. The predicted molar refractivity (Wildman–Crippen MR) is 72.7 cm³/mol. The average molecular weight is 304 g/mol. The fourth-order valence-corrected chi connectivity index (χ4v) is 1.53. The Kier molecular flexibility index (Phi) is 6.48. The van der Waals surface area contributed by atoms with Gasteiger partial charge in [-0.1, -0.05) is 24.3 Å². The van der Waals surface area contributed by atoms with Crippen LogP contribution in [0.5, 0.6) is 0 Å². The van der Waals surface area contributed by atoms with Crippen molar-refractivity contribution in [2.45, 2.75) is 39.2 Å². The fourth-order valence-electron chi connectivity index (χ4n) is 1.53. The van der Waals surface area contributed by atoms with E-state index in [0.29, 0.717) is 12.1 Å². The largest absolute Gasteiger partial charge is 0.411 e. The summed E-state index contributed by atoms with van der Waals surface area (Å²) in [7, 11) is 0. The van der Waals surface area contributed by atoms with Crippen LogP contribution in [0.4, 0.5) is 18.0 Å². The van der Waals surface area contributed by atoms with E-state index in [-0.39, 0.29) is 18.7 Å². The first-order valence-electron chi connectivity index (χ1n) is 6.53. The summed E-state index contributed by atoms with van der Waals surface area (Å²) in [6.45, 7) is 2.71. The molecule has 118 valence electrons. The maximum absolute atomic E-state index is 11.9. The van der Waals surface area contributed by atoms with Gasteiger partial charge in [0.2, 0.25) is 0 Å². The molecule has 0 fully saturated rings. The number of hydrogen-bond acceptors (Lipinski definition) is 2. The third kappa shape index (κ3) is 8.19. The summed E-state index contributed by atoms with van der Waals surface area (Å²) < 4.78 is 40.3. The molecule has 21 heavy (non-hydrogen) atoms. The summed E-state index contributed by atoms with van der Waals surface area (Å²) in [5.74, 6) is 0. The Balaban J connectivity index is 2.35. The van der Waals surface area contributed by atoms with E-state index >= 15 is 0 Å². The number of hydrogen-bond donors (Lipinski definition) is 2. The molecule has 1 aromatic carbocycles. The highest BCUT2D eigenvalue weighted by molar-refractivity contribution is 5.74. The molecule has 0 spiro atoms. The van der Waals surface area contributed by atoms with Gasteiger partial charge in [0.1, 0.15) is 6.61 Å². The summed E-state index contributed by atoms with van der Waals surface area (Å²) in [5, 5.41) is 5.37. The van der Waals surface area contributed by atoms with E-state index in [0.717, 1.165) is 5.56 Å². The van der Waals surface area contributed by atoms with Crippen LogP contribution in [0.15, 0.2) is 24.3 Å². The van der Waals surface area contributed by atoms with E-state index in [4.69, 9.17) is 0 Å². The molecule has 0 unspecified atom stereocenters. The first-order valence-corrected chi connectivity index (χ1v) is 6.53. The summed E-state index contributed by atoms with van der Waals surface area (Å²) >= 11 is 0. The highest BCUT2D eigenvalue weighted by atomic mass is 19.4. The zero-order chi connectivity index (χ0) is 15.9. The summed E-state index contributed by atoms with van der Waals surface area (Å²) in [6.07, 6.45) is -4.31.